The van der Waals surface area contributed by atoms with Gasteiger partial charge in [-0.2, -0.15) is 0 Å². The first-order valence-electron chi connectivity index (χ1n) is 5.10. The van der Waals surface area contributed by atoms with Crippen molar-refractivity contribution in [3.05, 3.63) is 46.0 Å². The molecule has 1 aliphatic rings. The van der Waals surface area contributed by atoms with E-state index < -0.39 is 5.97 Å². The van der Waals surface area contributed by atoms with Crippen LogP contribution in [0, 0.1) is 0 Å². The number of carboxylic acid groups (broad SMARTS) is 1. The molecule has 0 radical (unpaired) electrons. The highest BCUT2D eigenvalue weighted by molar-refractivity contribution is 9.10. The van der Waals surface area contributed by atoms with Gasteiger partial charge in [0.2, 0.25) is 0 Å². The molecule has 2 N–H and O–H groups in total. The van der Waals surface area contributed by atoms with E-state index in [0.29, 0.717) is 18.5 Å². The average Bonchev–Trinajstić information content (AvgIpc) is 2.30. The summed E-state index contributed by atoms with van der Waals surface area (Å²) in [6, 6.07) is 7.82. The Hall–Kier alpha value is -1.13. The molecular formula is C12H12BrNO2. The number of hydrogen-bond acceptors (Lipinski definition) is 2. The van der Waals surface area contributed by atoms with Crippen molar-refractivity contribution in [3.8, 4) is 0 Å². The quantitative estimate of drug-likeness (QED) is 0.876. The predicted molar refractivity (Wildman–Crippen MR) is 65.2 cm³/mol. The van der Waals surface area contributed by atoms with Gasteiger partial charge in [0.25, 0.3) is 0 Å². The molecular weight excluding hydrogens is 270 g/mol. The third-order valence-corrected chi connectivity index (χ3v) is 3.36. The minimum atomic E-state index is -0.821. The van der Waals surface area contributed by atoms with Crippen molar-refractivity contribution in [1.29, 1.82) is 0 Å². The Morgan fingerprint density at radius 3 is 2.88 bits per heavy atom. The van der Waals surface area contributed by atoms with Crippen molar-refractivity contribution in [2.24, 2.45) is 0 Å². The highest BCUT2D eigenvalue weighted by Gasteiger charge is 2.19. The van der Waals surface area contributed by atoms with Crippen LogP contribution < -0.4 is 5.32 Å². The molecule has 1 unspecified atom stereocenters. The number of carboxylic acids is 1. The summed E-state index contributed by atoms with van der Waals surface area (Å²) in [7, 11) is 0. The van der Waals surface area contributed by atoms with E-state index in [4.69, 9.17) is 5.11 Å². The van der Waals surface area contributed by atoms with Crippen LogP contribution in [0.15, 0.2) is 40.4 Å². The molecule has 1 aromatic rings. The van der Waals surface area contributed by atoms with E-state index >= 15 is 0 Å². The van der Waals surface area contributed by atoms with Crippen LogP contribution >= 0.6 is 15.9 Å². The summed E-state index contributed by atoms with van der Waals surface area (Å²) in [5.41, 5.74) is 1.56. The molecule has 0 aromatic heterocycles. The molecule has 0 fully saturated rings. The highest BCUT2D eigenvalue weighted by atomic mass is 79.9. The van der Waals surface area contributed by atoms with Crippen LogP contribution in [0.5, 0.6) is 0 Å². The molecule has 2 rings (SSSR count). The third-order valence-electron chi connectivity index (χ3n) is 2.64. The van der Waals surface area contributed by atoms with Gasteiger partial charge in [-0.25, -0.2) is 4.79 Å². The zero-order valence-electron chi connectivity index (χ0n) is 8.61. The standard InChI is InChI=1S/C12H12BrNO2/c13-10-4-2-1-3-9(10)11-7-8(12(15)16)5-6-14-11/h1-4,7,11,14H,5-6H2,(H,15,16). The second kappa shape index (κ2) is 4.80. The number of aliphatic carboxylic acids is 1. The van der Waals surface area contributed by atoms with Gasteiger partial charge in [0.05, 0.1) is 6.04 Å². The zero-order chi connectivity index (χ0) is 11.5. The van der Waals surface area contributed by atoms with Crippen LogP contribution in [-0.4, -0.2) is 17.6 Å². The lowest BCUT2D eigenvalue weighted by Crippen LogP contribution is -2.27. The molecule has 0 saturated carbocycles. The monoisotopic (exact) mass is 281 g/mol. The molecule has 16 heavy (non-hydrogen) atoms. The van der Waals surface area contributed by atoms with Crippen LogP contribution in [0.3, 0.4) is 0 Å². The van der Waals surface area contributed by atoms with Crippen molar-refractivity contribution >= 4 is 21.9 Å². The molecule has 0 bridgehead atoms. The van der Waals surface area contributed by atoms with Crippen molar-refractivity contribution in [2.45, 2.75) is 12.5 Å². The summed E-state index contributed by atoms with van der Waals surface area (Å²) in [6.07, 6.45) is 2.36. The highest BCUT2D eigenvalue weighted by Crippen LogP contribution is 2.27. The van der Waals surface area contributed by atoms with E-state index in [9.17, 15) is 4.79 Å². The molecule has 4 heteroatoms. The number of nitrogens with one attached hydrogen (secondary N) is 1. The summed E-state index contributed by atoms with van der Waals surface area (Å²) < 4.78 is 0.996. The maximum atomic E-state index is 10.9. The first-order chi connectivity index (χ1) is 7.68. The lowest BCUT2D eigenvalue weighted by Gasteiger charge is -2.22. The van der Waals surface area contributed by atoms with E-state index in [-0.39, 0.29) is 6.04 Å². The van der Waals surface area contributed by atoms with Crippen molar-refractivity contribution < 1.29 is 9.90 Å². The van der Waals surface area contributed by atoms with E-state index in [1.54, 1.807) is 6.08 Å². The van der Waals surface area contributed by atoms with Gasteiger partial charge in [-0.05, 0) is 18.1 Å². The largest absolute Gasteiger partial charge is 0.478 e. The Labute approximate surface area is 102 Å². The van der Waals surface area contributed by atoms with Crippen LogP contribution in [0.1, 0.15) is 18.0 Å². The first kappa shape index (κ1) is 11.4. The zero-order valence-corrected chi connectivity index (χ0v) is 10.2. The SMILES string of the molecule is O=C(O)C1=CC(c2ccccc2Br)NCC1. The summed E-state index contributed by atoms with van der Waals surface area (Å²) >= 11 is 3.47. The second-order valence-electron chi connectivity index (χ2n) is 3.70. The molecule has 0 amide bonds. The smallest absolute Gasteiger partial charge is 0.331 e. The Balaban J connectivity index is 2.32. The summed E-state index contributed by atoms with van der Waals surface area (Å²) in [6.45, 7) is 0.699. The maximum Gasteiger partial charge on any atom is 0.331 e. The van der Waals surface area contributed by atoms with Gasteiger partial charge in [-0.3, -0.25) is 0 Å². The van der Waals surface area contributed by atoms with Gasteiger partial charge in [0.15, 0.2) is 0 Å². The molecule has 1 heterocycles. The Bertz CT molecular complexity index is 442. The molecule has 1 aliphatic heterocycles. The fourth-order valence-corrected chi connectivity index (χ4v) is 2.34. The number of hydrogen-bond donors (Lipinski definition) is 2. The summed E-state index contributed by atoms with van der Waals surface area (Å²) in [5, 5.41) is 12.3. The van der Waals surface area contributed by atoms with Gasteiger partial charge in [0.1, 0.15) is 0 Å². The normalized spacial score (nSPS) is 20.3. The number of rotatable bonds is 2. The van der Waals surface area contributed by atoms with Crippen LogP contribution in [0.2, 0.25) is 0 Å². The molecule has 0 spiro atoms. The minimum absolute atomic E-state index is 0.0181. The maximum absolute atomic E-state index is 10.9. The molecule has 1 atom stereocenters. The van der Waals surface area contributed by atoms with Crippen molar-refractivity contribution in [2.75, 3.05) is 6.54 Å². The van der Waals surface area contributed by atoms with Gasteiger partial charge in [-0.15, -0.1) is 0 Å². The van der Waals surface area contributed by atoms with Gasteiger partial charge < -0.3 is 10.4 Å². The molecule has 84 valence electrons. The lowest BCUT2D eigenvalue weighted by atomic mass is 9.99. The van der Waals surface area contributed by atoms with Crippen LogP contribution in [0.4, 0.5) is 0 Å². The van der Waals surface area contributed by atoms with Crippen molar-refractivity contribution in [3.63, 3.8) is 0 Å². The minimum Gasteiger partial charge on any atom is -0.478 e. The van der Waals surface area contributed by atoms with E-state index in [2.05, 4.69) is 21.2 Å². The Kier molecular flexibility index (Phi) is 3.41. The predicted octanol–water partition coefficient (Wildman–Crippen LogP) is 2.49. The van der Waals surface area contributed by atoms with Gasteiger partial charge in [0, 0.05) is 16.6 Å². The Morgan fingerprint density at radius 2 is 2.19 bits per heavy atom. The van der Waals surface area contributed by atoms with Crippen molar-refractivity contribution in [1.82, 2.24) is 5.32 Å². The Morgan fingerprint density at radius 1 is 1.44 bits per heavy atom. The number of halogens is 1. The van der Waals surface area contributed by atoms with E-state index in [1.165, 1.54) is 0 Å². The lowest BCUT2D eigenvalue weighted by molar-refractivity contribution is -0.132. The molecule has 0 saturated heterocycles. The number of benzene rings is 1. The molecule has 0 aliphatic carbocycles. The summed E-state index contributed by atoms with van der Waals surface area (Å²) in [5.74, 6) is -0.821. The fourth-order valence-electron chi connectivity index (χ4n) is 1.81. The average molecular weight is 282 g/mol. The second-order valence-corrected chi connectivity index (χ2v) is 4.55. The topological polar surface area (TPSA) is 49.3 Å². The third kappa shape index (κ3) is 2.33. The van der Waals surface area contributed by atoms with E-state index in [0.717, 1.165) is 10.0 Å². The van der Waals surface area contributed by atoms with Gasteiger partial charge in [-0.1, -0.05) is 40.2 Å². The van der Waals surface area contributed by atoms with Crippen LogP contribution in [-0.2, 0) is 4.79 Å². The first-order valence-corrected chi connectivity index (χ1v) is 5.89. The fraction of sp³-hybridized carbons (Fsp3) is 0.250. The van der Waals surface area contributed by atoms with Crippen LogP contribution in [0.25, 0.3) is 0 Å². The molecule has 1 aromatic carbocycles. The van der Waals surface area contributed by atoms with E-state index in [1.807, 2.05) is 24.3 Å². The number of carbonyl (C=O) groups is 1. The summed E-state index contributed by atoms with van der Waals surface area (Å²) in [4.78, 5) is 10.9. The van der Waals surface area contributed by atoms with Gasteiger partial charge >= 0.3 is 5.97 Å². The molecule has 3 nitrogen and oxygen atoms in total.